The van der Waals surface area contributed by atoms with Crippen molar-refractivity contribution in [1.82, 2.24) is 0 Å². The van der Waals surface area contributed by atoms with Crippen molar-refractivity contribution in [3.8, 4) is 11.5 Å². The molecule has 1 N–H and O–H groups in total. The number of rotatable bonds is 6. The van der Waals surface area contributed by atoms with Crippen LogP contribution in [0.5, 0.6) is 11.5 Å². The van der Waals surface area contributed by atoms with Gasteiger partial charge in [0.25, 0.3) is 0 Å². The molecule has 0 fully saturated rings. The molecule has 0 atom stereocenters. The lowest BCUT2D eigenvalue weighted by Gasteiger charge is -2.07. The van der Waals surface area contributed by atoms with E-state index in [9.17, 15) is 9.59 Å². The van der Waals surface area contributed by atoms with Crippen molar-refractivity contribution in [3.63, 3.8) is 0 Å². The lowest BCUT2D eigenvalue weighted by atomic mass is 10.1. The van der Waals surface area contributed by atoms with Crippen molar-refractivity contribution in [1.29, 1.82) is 0 Å². The lowest BCUT2D eigenvalue weighted by Crippen LogP contribution is -2.14. The molecule has 6 heteroatoms. The normalized spacial score (nSPS) is 12.1. The molecule has 2 heterocycles. The van der Waals surface area contributed by atoms with Crippen LogP contribution in [0.3, 0.4) is 0 Å². The van der Waals surface area contributed by atoms with Crippen LogP contribution in [0.1, 0.15) is 28.1 Å². The Morgan fingerprint density at radius 2 is 1.65 bits per heavy atom. The molecule has 154 valence electrons. The zero-order valence-electron chi connectivity index (χ0n) is 16.6. The number of carbonyl (C=O) groups excluding carboxylic acids is 2. The summed E-state index contributed by atoms with van der Waals surface area (Å²) in [4.78, 5) is 25.9. The molecule has 1 aromatic heterocycles. The van der Waals surface area contributed by atoms with Gasteiger partial charge in [-0.1, -0.05) is 42.5 Å². The highest BCUT2D eigenvalue weighted by Gasteiger charge is 2.25. The van der Waals surface area contributed by atoms with Gasteiger partial charge in [-0.05, 0) is 42.3 Å². The number of hydrogen-bond acceptors (Lipinski definition) is 5. The highest BCUT2D eigenvalue weighted by atomic mass is 16.7. The number of ether oxygens (including phenoxy) is 2. The molecular weight excluding hydrogens is 394 g/mol. The van der Waals surface area contributed by atoms with Crippen LogP contribution in [0.4, 0.5) is 5.69 Å². The predicted molar refractivity (Wildman–Crippen MR) is 116 cm³/mol. The fourth-order valence-electron chi connectivity index (χ4n) is 3.60. The van der Waals surface area contributed by atoms with Crippen LogP contribution in [0, 0.1) is 0 Å². The molecule has 0 aliphatic carbocycles. The SMILES string of the molecule is O=C(CCc1ccccc1)Nc1c(C(=O)c2ccc3c(c2)OCO3)oc2ccccc12. The number of ketones is 1. The summed E-state index contributed by atoms with van der Waals surface area (Å²) in [5.74, 6) is 0.669. The maximum absolute atomic E-state index is 13.3. The molecule has 0 unspecified atom stereocenters. The molecular formula is C25H19NO5. The van der Waals surface area contributed by atoms with Crippen LogP contribution in [-0.2, 0) is 11.2 Å². The number of hydrogen-bond donors (Lipinski definition) is 1. The third-order valence-corrected chi connectivity index (χ3v) is 5.18. The van der Waals surface area contributed by atoms with E-state index in [1.807, 2.05) is 48.5 Å². The molecule has 5 rings (SSSR count). The topological polar surface area (TPSA) is 77.8 Å². The molecule has 0 saturated heterocycles. The van der Waals surface area contributed by atoms with Gasteiger partial charge in [0.15, 0.2) is 17.3 Å². The summed E-state index contributed by atoms with van der Waals surface area (Å²) in [6.45, 7) is 0.125. The molecule has 0 saturated carbocycles. The molecule has 1 amide bonds. The number of amides is 1. The van der Waals surface area contributed by atoms with Crippen LogP contribution in [0.2, 0.25) is 0 Å². The number of nitrogens with one attached hydrogen (secondary N) is 1. The van der Waals surface area contributed by atoms with Gasteiger partial charge in [0.05, 0.1) is 5.69 Å². The standard InChI is InChI=1S/C25H19NO5/c27-22(13-10-16-6-2-1-3-7-16)26-23-18-8-4-5-9-19(18)31-25(23)24(28)17-11-12-20-21(14-17)30-15-29-20/h1-9,11-12,14H,10,13,15H2,(H,26,27). The number of para-hydroxylation sites is 1. The van der Waals surface area contributed by atoms with Crippen LogP contribution < -0.4 is 14.8 Å². The van der Waals surface area contributed by atoms with E-state index in [-0.39, 0.29) is 24.2 Å². The number of benzene rings is 3. The first-order valence-electron chi connectivity index (χ1n) is 9.99. The predicted octanol–water partition coefficient (Wildman–Crippen LogP) is 4.96. The van der Waals surface area contributed by atoms with Gasteiger partial charge in [-0.25, -0.2) is 0 Å². The Morgan fingerprint density at radius 1 is 0.871 bits per heavy atom. The molecule has 0 bridgehead atoms. The van der Waals surface area contributed by atoms with Crippen molar-refractivity contribution in [2.24, 2.45) is 0 Å². The number of aryl methyl sites for hydroxylation is 1. The minimum Gasteiger partial charge on any atom is -0.454 e. The summed E-state index contributed by atoms with van der Waals surface area (Å²) in [6.07, 6.45) is 0.898. The summed E-state index contributed by atoms with van der Waals surface area (Å²) in [5.41, 5.74) is 2.38. The Balaban J connectivity index is 1.44. The van der Waals surface area contributed by atoms with Crippen molar-refractivity contribution >= 4 is 28.3 Å². The Hall–Kier alpha value is -4.06. The third-order valence-electron chi connectivity index (χ3n) is 5.18. The fourth-order valence-corrected chi connectivity index (χ4v) is 3.60. The van der Waals surface area contributed by atoms with Crippen molar-refractivity contribution in [2.75, 3.05) is 12.1 Å². The fraction of sp³-hybridized carbons (Fsp3) is 0.120. The van der Waals surface area contributed by atoms with Crippen molar-refractivity contribution in [2.45, 2.75) is 12.8 Å². The molecule has 0 spiro atoms. The summed E-state index contributed by atoms with van der Waals surface area (Å²) in [6, 6.07) is 22.0. The number of carbonyl (C=O) groups is 2. The largest absolute Gasteiger partial charge is 0.454 e. The molecule has 3 aromatic carbocycles. The Morgan fingerprint density at radius 3 is 2.52 bits per heavy atom. The van der Waals surface area contributed by atoms with Crippen molar-refractivity contribution < 1.29 is 23.5 Å². The summed E-state index contributed by atoms with van der Waals surface area (Å²) in [7, 11) is 0. The number of furan rings is 1. The zero-order chi connectivity index (χ0) is 21.2. The minimum atomic E-state index is -0.340. The van der Waals surface area contributed by atoms with E-state index in [1.54, 1.807) is 24.3 Å². The smallest absolute Gasteiger partial charge is 0.231 e. The summed E-state index contributed by atoms with van der Waals surface area (Å²) < 4.78 is 16.6. The van der Waals surface area contributed by atoms with E-state index in [1.165, 1.54) is 0 Å². The van der Waals surface area contributed by atoms with E-state index < -0.39 is 0 Å². The van der Waals surface area contributed by atoms with Gasteiger partial charge in [-0.2, -0.15) is 0 Å². The zero-order valence-corrected chi connectivity index (χ0v) is 16.6. The highest BCUT2D eigenvalue weighted by molar-refractivity contribution is 6.17. The van der Waals surface area contributed by atoms with E-state index >= 15 is 0 Å². The monoisotopic (exact) mass is 413 g/mol. The van der Waals surface area contributed by atoms with Gasteiger partial charge in [0, 0.05) is 17.4 Å². The second-order valence-electron chi connectivity index (χ2n) is 7.23. The van der Waals surface area contributed by atoms with Gasteiger partial charge in [-0.3, -0.25) is 9.59 Å². The summed E-state index contributed by atoms with van der Waals surface area (Å²) >= 11 is 0. The third kappa shape index (κ3) is 3.75. The summed E-state index contributed by atoms with van der Waals surface area (Å²) in [5, 5.41) is 3.58. The van der Waals surface area contributed by atoms with Gasteiger partial charge in [0.2, 0.25) is 18.5 Å². The first kappa shape index (κ1) is 18.9. The number of fused-ring (bicyclic) bond motifs is 2. The minimum absolute atomic E-state index is 0.0909. The Bertz CT molecular complexity index is 1280. The van der Waals surface area contributed by atoms with E-state index in [0.29, 0.717) is 46.6 Å². The van der Waals surface area contributed by atoms with E-state index in [0.717, 1.165) is 5.56 Å². The maximum atomic E-state index is 13.3. The van der Waals surface area contributed by atoms with Crippen LogP contribution >= 0.6 is 0 Å². The number of anilines is 1. The second kappa shape index (κ2) is 7.99. The van der Waals surface area contributed by atoms with Gasteiger partial charge in [0.1, 0.15) is 5.58 Å². The van der Waals surface area contributed by atoms with Gasteiger partial charge >= 0.3 is 0 Å². The average molecular weight is 413 g/mol. The maximum Gasteiger partial charge on any atom is 0.231 e. The molecule has 6 nitrogen and oxygen atoms in total. The molecule has 0 radical (unpaired) electrons. The highest BCUT2D eigenvalue weighted by Crippen LogP contribution is 2.36. The Kier molecular flexibility index (Phi) is 4.88. The lowest BCUT2D eigenvalue weighted by molar-refractivity contribution is -0.116. The van der Waals surface area contributed by atoms with E-state index in [2.05, 4.69) is 5.32 Å². The molecule has 4 aromatic rings. The van der Waals surface area contributed by atoms with Crippen LogP contribution in [0.15, 0.2) is 77.2 Å². The molecule has 1 aliphatic rings. The van der Waals surface area contributed by atoms with Crippen LogP contribution in [-0.4, -0.2) is 18.5 Å². The molecule has 31 heavy (non-hydrogen) atoms. The second-order valence-corrected chi connectivity index (χ2v) is 7.23. The van der Waals surface area contributed by atoms with E-state index in [4.69, 9.17) is 13.9 Å². The van der Waals surface area contributed by atoms with Gasteiger partial charge < -0.3 is 19.2 Å². The van der Waals surface area contributed by atoms with Crippen LogP contribution in [0.25, 0.3) is 11.0 Å². The first-order valence-corrected chi connectivity index (χ1v) is 9.99. The Labute approximate surface area is 178 Å². The van der Waals surface area contributed by atoms with Crippen molar-refractivity contribution in [3.05, 3.63) is 89.7 Å². The quantitative estimate of drug-likeness (QED) is 0.452. The molecule has 1 aliphatic heterocycles. The average Bonchev–Trinajstić information content (AvgIpc) is 3.42. The first-order chi connectivity index (χ1) is 15.2. The van der Waals surface area contributed by atoms with Gasteiger partial charge in [-0.15, -0.1) is 0 Å².